The summed E-state index contributed by atoms with van der Waals surface area (Å²) in [4.78, 5) is 11.0. The van der Waals surface area contributed by atoms with Crippen LogP contribution in [0.3, 0.4) is 0 Å². The molecule has 0 amide bonds. The zero-order chi connectivity index (χ0) is 14.6. The van der Waals surface area contributed by atoms with Crippen LogP contribution in [0.4, 0.5) is 0 Å². The standard InChI is InChI=1S/C9H14ClN3O5S/c1-13-8(6(10)5-11-13)19(16,17)12-7(9(14)15)3-4-18-2/h5,7,12H,3-4H2,1-2H3,(H,14,15). The molecule has 1 rings (SSSR count). The van der Waals surface area contributed by atoms with Gasteiger partial charge < -0.3 is 9.84 Å². The lowest BCUT2D eigenvalue weighted by Crippen LogP contribution is -2.42. The summed E-state index contributed by atoms with van der Waals surface area (Å²) in [5, 5.41) is 12.3. The van der Waals surface area contributed by atoms with Crippen molar-refractivity contribution in [2.75, 3.05) is 13.7 Å². The van der Waals surface area contributed by atoms with Gasteiger partial charge in [-0.2, -0.15) is 9.82 Å². The van der Waals surface area contributed by atoms with Crippen molar-refractivity contribution < 1.29 is 23.1 Å². The van der Waals surface area contributed by atoms with Crippen LogP contribution in [-0.2, 0) is 26.6 Å². The first-order valence-electron chi connectivity index (χ1n) is 5.21. The molecular formula is C9H14ClN3O5S. The highest BCUT2D eigenvalue weighted by Crippen LogP contribution is 2.20. The molecule has 0 fully saturated rings. The molecular weight excluding hydrogens is 298 g/mol. The van der Waals surface area contributed by atoms with E-state index in [1.807, 2.05) is 0 Å². The van der Waals surface area contributed by atoms with Gasteiger partial charge in [0, 0.05) is 20.8 Å². The van der Waals surface area contributed by atoms with Crippen molar-refractivity contribution in [1.82, 2.24) is 14.5 Å². The van der Waals surface area contributed by atoms with Gasteiger partial charge in [-0.25, -0.2) is 8.42 Å². The Morgan fingerprint density at radius 2 is 2.32 bits per heavy atom. The molecule has 0 aliphatic heterocycles. The number of hydrogen-bond acceptors (Lipinski definition) is 5. The van der Waals surface area contributed by atoms with Gasteiger partial charge in [-0.05, 0) is 6.42 Å². The minimum absolute atomic E-state index is 0.000530. The summed E-state index contributed by atoms with van der Waals surface area (Å²) in [6, 6.07) is -1.30. The third-order valence-corrected chi connectivity index (χ3v) is 4.28. The Hall–Kier alpha value is -1.16. The molecule has 0 aliphatic carbocycles. The summed E-state index contributed by atoms with van der Waals surface area (Å²) in [7, 11) is -1.28. The van der Waals surface area contributed by atoms with Crippen LogP contribution in [0.2, 0.25) is 5.02 Å². The molecule has 0 saturated heterocycles. The smallest absolute Gasteiger partial charge is 0.321 e. The minimum atomic E-state index is -4.07. The van der Waals surface area contributed by atoms with Crippen LogP contribution in [0.25, 0.3) is 0 Å². The number of methoxy groups -OCH3 is 1. The second kappa shape index (κ2) is 6.33. The maximum atomic E-state index is 12.1. The van der Waals surface area contributed by atoms with Gasteiger partial charge in [0.25, 0.3) is 10.0 Å². The summed E-state index contributed by atoms with van der Waals surface area (Å²) >= 11 is 5.72. The van der Waals surface area contributed by atoms with Crippen molar-refractivity contribution in [2.45, 2.75) is 17.5 Å². The molecule has 0 saturated carbocycles. The maximum absolute atomic E-state index is 12.1. The number of nitrogens with one attached hydrogen (secondary N) is 1. The third kappa shape index (κ3) is 3.90. The summed E-state index contributed by atoms with van der Waals surface area (Å²) in [6.07, 6.45) is 1.17. The number of aliphatic carboxylic acids is 1. The predicted molar refractivity (Wildman–Crippen MR) is 66.5 cm³/mol. The van der Waals surface area contributed by atoms with Gasteiger partial charge in [-0.3, -0.25) is 9.48 Å². The summed E-state index contributed by atoms with van der Waals surface area (Å²) in [6.45, 7) is 0.110. The molecule has 2 N–H and O–H groups in total. The number of nitrogens with zero attached hydrogens (tertiary/aromatic N) is 2. The van der Waals surface area contributed by atoms with E-state index in [1.165, 1.54) is 20.4 Å². The van der Waals surface area contributed by atoms with E-state index in [-0.39, 0.29) is 23.1 Å². The Morgan fingerprint density at radius 1 is 1.68 bits per heavy atom. The summed E-state index contributed by atoms with van der Waals surface area (Å²) in [5.74, 6) is -1.29. The highest BCUT2D eigenvalue weighted by molar-refractivity contribution is 7.89. The topological polar surface area (TPSA) is 111 Å². The first-order valence-corrected chi connectivity index (χ1v) is 7.07. The molecule has 0 bridgehead atoms. The third-order valence-electron chi connectivity index (χ3n) is 2.30. The fraction of sp³-hybridized carbons (Fsp3) is 0.556. The number of halogens is 1. The van der Waals surface area contributed by atoms with Crippen LogP contribution in [0.5, 0.6) is 0 Å². The van der Waals surface area contributed by atoms with E-state index in [1.54, 1.807) is 0 Å². The van der Waals surface area contributed by atoms with E-state index >= 15 is 0 Å². The molecule has 19 heavy (non-hydrogen) atoms. The Kier molecular flexibility index (Phi) is 5.29. The van der Waals surface area contributed by atoms with Gasteiger partial charge in [0.05, 0.1) is 11.2 Å². The second-order valence-electron chi connectivity index (χ2n) is 3.71. The molecule has 0 aromatic carbocycles. The van der Waals surface area contributed by atoms with Gasteiger partial charge in [0.1, 0.15) is 6.04 Å². The van der Waals surface area contributed by atoms with Gasteiger partial charge in [-0.15, -0.1) is 0 Å². The average molecular weight is 312 g/mol. The number of aromatic nitrogens is 2. The highest BCUT2D eigenvalue weighted by Gasteiger charge is 2.29. The van der Waals surface area contributed by atoms with Crippen LogP contribution in [0.15, 0.2) is 11.2 Å². The molecule has 8 nitrogen and oxygen atoms in total. The van der Waals surface area contributed by atoms with Gasteiger partial charge >= 0.3 is 5.97 Å². The first kappa shape index (κ1) is 15.9. The van der Waals surface area contributed by atoms with Gasteiger partial charge in [0.15, 0.2) is 5.03 Å². The van der Waals surface area contributed by atoms with E-state index in [0.29, 0.717) is 0 Å². The lowest BCUT2D eigenvalue weighted by molar-refractivity contribution is -0.139. The number of carboxylic acid groups (broad SMARTS) is 1. The number of sulfonamides is 1. The number of carboxylic acids is 1. The lowest BCUT2D eigenvalue weighted by Gasteiger charge is -2.14. The highest BCUT2D eigenvalue weighted by atomic mass is 35.5. The SMILES string of the molecule is COCCC(NS(=O)(=O)c1c(Cl)cnn1C)C(=O)O. The van der Waals surface area contributed by atoms with E-state index in [4.69, 9.17) is 21.4 Å². The minimum Gasteiger partial charge on any atom is -0.480 e. The van der Waals surface area contributed by atoms with Crippen molar-refractivity contribution in [3.63, 3.8) is 0 Å². The normalized spacial score (nSPS) is 13.4. The van der Waals surface area contributed by atoms with E-state index in [9.17, 15) is 13.2 Å². The van der Waals surface area contributed by atoms with Gasteiger partial charge in [-0.1, -0.05) is 11.6 Å². The Morgan fingerprint density at radius 3 is 2.74 bits per heavy atom. The maximum Gasteiger partial charge on any atom is 0.321 e. The molecule has 0 spiro atoms. The predicted octanol–water partition coefficient (Wildman–Crippen LogP) is -0.158. The fourth-order valence-electron chi connectivity index (χ4n) is 1.41. The Labute approximate surface area is 115 Å². The summed E-state index contributed by atoms with van der Waals surface area (Å²) in [5.41, 5.74) is 0. The van der Waals surface area contributed by atoms with Gasteiger partial charge in [0.2, 0.25) is 0 Å². The zero-order valence-electron chi connectivity index (χ0n) is 10.3. The van der Waals surface area contributed by atoms with Crippen LogP contribution in [-0.4, -0.2) is 49.0 Å². The molecule has 108 valence electrons. The fourth-order valence-corrected chi connectivity index (χ4v) is 3.29. The number of carbonyl (C=O) groups is 1. The number of hydrogen-bond donors (Lipinski definition) is 2. The quantitative estimate of drug-likeness (QED) is 0.724. The van der Waals surface area contributed by atoms with Crippen molar-refractivity contribution in [2.24, 2.45) is 7.05 Å². The monoisotopic (exact) mass is 311 g/mol. The molecule has 1 aromatic heterocycles. The summed E-state index contributed by atoms with van der Waals surface area (Å²) < 4.78 is 32.0. The van der Waals surface area contributed by atoms with Crippen molar-refractivity contribution in [1.29, 1.82) is 0 Å². The number of rotatable bonds is 7. The van der Waals surface area contributed by atoms with E-state index in [0.717, 1.165) is 4.68 Å². The van der Waals surface area contributed by atoms with Crippen LogP contribution >= 0.6 is 11.6 Å². The molecule has 10 heteroatoms. The molecule has 0 radical (unpaired) electrons. The zero-order valence-corrected chi connectivity index (χ0v) is 11.9. The van der Waals surface area contributed by atoms with E-state index < -0.39 is 22.0 Å². The Bertz CT molecular complexity index is 537. The molecule has 1 unspecified atom stereocenters. The van der Waals surface area contributed by atoms with E-state index in [2.05, 4.69) is 9.82 Å². The largest absolute Gasteiger partial charge is 0.480 e. The molecule has 1 heterocycles. The Balaban J connectivity index is 2.98. The number of aryl methyl sites for hydroxylation is 1. The molecule has 0 aliphatic rings. The van der Waals surface area contributed by atoms with Crippen molar-refractivity contribution >= 4 is 27.6 Å². The van der Waals surface area contributed by atoms with Crippen LogP contribution in [0, 0.1) is 0 Å². The lowest BCUT2D eigenvalue weighted by atomic mass is 10.2. The average Bonchev–Trinajstić information content (AvgIpc) is 2.64. The number of ether oxygens (including phenoxy) is 1. The van der Waals surface area contributed by atoms with Crippen LogP contribution < -0.4 is 4.72 Å². The molecule has 1 atom stereocenters. The molecule has 1 aromatic rings. The first-order chi connectivity index (χ1) is 8.79. The van der Waals surface area contributed by atoms with Crippen molar-refractivity contribution in [3.8, 4) is 0 Å². The van der Waals surface area contributed by atoms with Crippen LogP contribution in [0.1, 0.15) is 6.42 Å². The van der Waals surface area contributed by atoms with Crippen molar-refractivity contribution in [3.05, 3.63) is 11.2 Å². The second-order valence-corrected chi connectivity index (χ2v) is 5.75.